The maximum Gasteiger partial charge on any atom is 0.271 e. The van der Waals surface area contributed by atoms with Crippen LogP contribution in [-0.2, 0) is 29.6 Å². The molecule has 0 atom stereocenters. The number of nitro benzene ring substituents is 2. The van der Waals surface area contributed by atoms with Crippen LogP contribution in [0.1, 0.15) is 25.7 Å². The van der Waals surface area contributed by atoms with E-state index in [2.05, 4.69) is 10.6 Å². The lowest BCUT2D eigenvalue weighted by molar-refractivity contribution is -0.385. The summed E-state index contributed by atoms with van der Waals surface area (Å²) in [6, 6.07) is 24.8. The summed E-state index contributed by atoms with van der Waals surface area (Å²) in [6.45, 7) is -0.792. The topological polar surface area (TPSA) is 219 Å². The summed E-state index contributed by atoms with van der Waals surface area (Å²) >= 11 is 0. The molecule has 0 spiro atoms. The van der Waals surface area contributed by atoms with Gasteiger partial charge in [-0.25, -0.2) is 16.8 Å². The molecule has 0 aliphatic carbocycles. The number of hydrogen-bond acceptors (Lipinski definition) is 10. The number of nitrogens with one attached hydrogen (secondary N) is 2. The molecule has 4 aromatic carbocycles. The molecule has 0 heterocycles. The van der Waals surface area contributed by atoms with Crippen molar-refractivity contribution in [1.29, 1.82) is 0 Å². The third-order valence-corrected chi connectivity index (χ3v) is 11.2. The van der Waals surface area contributed by atoms with E-state index in [4.69, 9.17) is 0 Å². The minimum Gasteiger partial charge on any atom is -0.355 e. The normalized spacial score (nSPS) is 11.3. The summed E-state index contributed by atoms with van der Waals surface area (Å²) in [6.07, 6.45) is 2.32. The van der Waals surface area contributed by atoms with Gasteiger partial charge in [0.15, 0.2) is 0 Å². The Morgan fingerprint density at radius 1 is 0.538 bits per heavy atom. The van der Waals surface area contributed by atoms with Gasteiger partial charge in [-0.1, -0.05) is 61.4 Å². The van der Waals surface area contributed by atoms with Gasteiger partial charge >= 0.3 is 0 Å². The van der Waals surface area contributed by atoms with Crippen molar-refractivity contribution >= 4 is 54.6 Å². The Hall–Kier alpha value is -5.88. The summed E-state index contributed by atoms with van der Waals surface area (Å²) in [5.74, 6) is -1.23. The van der Waals surface area contributed by atoms with E-state index >= 15 is 0 Å². The minimum atomic E-state index is -4.24. The number of amides is 2. The number of non-ortho nitro benzene ring substituents is 2. The zero-order valence-electron chi connectivity index (χ0n) is 27.7. The average Bonchev–Trinajstić information content (AvgIpc) is 3.14. The number of carbonyl (C=O) groups excluding carboxylic acids is 2. The first-order valence-corrected chi connectivity index (χ1v) is 18.9. The molecular formula is C34H36N6O10S2. The molecule has 18 heteroatoms. The highest BCUT2D eigenvalue weighted by atomic mass is 32.2. The van der Waals surface area contributed by atoms with Crippen molar-refractivity contribution in [2.24, 2.45) is 0 Å². The third kappa shape index (κ3) is 10.3. The maximum atomic E-state index is 13.4. The van der Waals surface area contributed by atoms with E-state index < -0.39 is 54.8 Å². The second kappa shape index (κ2) is 17.9. The Morgan fingerprint density at radius 2 is 0.904 bits per heavy atom. The highest BCUT2D eigenvalue weighted by Crippen LogP contribution is 2.28. The smallest absolute Gasteiger partial charge is 0.271 e. The van der Waals surface area contributed by atoms with Crippen molar-refractivity contribution in [2.45, 2.75) is 35.5 Å². The molecule has 4 aromatic rings. The van der Waals surface area contributed by atoms with E-state index in [0.29, 0.717) is 25.7 Å². The molecule has 0 bridgehead atoms. The highest BCUT2D eigenvalue weighted by molar-refractivity contribution is 7.93. The molecule has 16 nitrogen and oxygen atoms in total. The molecule has 2 N–H and O–H groups in total. The number of hydrogen-bond donors (Lipinski definition) is 2. The van der Waals surface area contributed by atoms with Crippen LogP contribution in [0.25, 0.3) is 0 Å². The quantitative estimate of drug-likeness (QED) is 0.0782. The van der Waals surface area contributed by atoms with Crippen LogP contribution in [0.15, 0.2) is 119 Å². The number of unbranched alkanes of at least 4 members (excludes halogenated alkanes) is 3. The Labute approximate surface area is 300 Å². The molecule has 0 saturated heterocycles. The number of carbonyl (C=O) groups is 2. The average molecular weight is 753 g/mol. The highest BCUT2D eigenvalue weighted by Gasteiger charge is 2.29. The lowest BCUT2D eigenvalue weighted by Crippen LogP contribution is -2.41. The zero-order valence-corrected chi connectivity index (χ0v) is 29.4. The van der Waals surface area contributed by atoms with E-state index in [0.717, 1.165) is 20.7 Å². The fraction of sp³-hybridized carbons (Fsp3) is 0.235. The predicted molar refractivity (Wildman–Crippen MR) is 193 cm³/mol. The molecule has 0 aliphatic rings. The first kappa shape index (κ1) is 38.9. The first-order chi connectivity index (χ1) is 24.8. The van der Waals surface area contributed by atoms with Crippen LogP contribution >= 0.6 is 0 Å². The van der Waals surface area contributed by atoms with Crippen molar-refractivity contribution in [3.63, 3.8) is 0 Å². The monoisotopic (exact) mass is 752 g/mol. The van der Waals surface area contributed by atoms with Crippen LogP contribution in [-0.4, -0.2) is 64.7 Å². The van der Waals surface area contributed by atoms with Crippen molar-refractivity contribution in [2.75, 3.05) is 34.8 Å². The molecule has 274 valence electrons. The van der Waals surface area contributed by atoms with E-state index in [1.165, 1.54) is 84.9 Å². The predicted octanol–water partition coefficient (Wildman–Crippen LogP) is 4.39. The van der Waals surface area contributed by atoms with Gasteiger partial charge in [-0.15, -0.1) is 0 Å². The SMILES string of the molecule is O=C(CN(c1cccc([N+](=O)[O-])c1)S(=O)(=O)c1ccccc1)NCCCCCCNC(=O)CN(c1cccc([N+](=O)[O-])c1)S(=O)(=O)c1ccccc1. The van der Waals surface area contributed by atoms with Gasteiger partial charge < -0.3 is 10.6 Å². The van der Waals surface area contributed by atoms with Crippen LogP contribution in [0.4, 0.5) is 22.7 Å². The second-order valence-corrected chi connectivity index (χ2v) is 15.0. The summed E-state index contributed by atoms with van der Waals surface area (Å²) in [5.41, 5.74) is -0.749. The third-order valence-electron chi connectivity index (χ3n) is 7.64. The van der Waals surface area contributed by atoms with Crippen LogP contribution in [0.3, 0.4) is 0 Å². The van der Waals surface area contributed by atoms with Crippen molar-refractivity contribution in [3.05, 3.63) is 129 Å². The summed E-state index contributed by atoms with van der Waals surface area (Å²) in [7, 11) is -8.49. The van der Waals surface area contributed by atoms with E-state index in [1.807, 2.05) is 0 Å². The molecule has 52 heavy (non-hydrogen) atoms. The molecule has 4 rings (SSSR count). The van der Waals surface area contributed by atoms with Crippen molar-refractivity contribution in [1.82, 2.24) is 10.6 Å². The number of anilines is 2. The molecule has 0 radical (unpaired) electrons. The van der Waals surface area contributed by atoms with Crippen LogP contribution in [0.2, 0.25) is 0 Å². The van der Waals surface area contributed by atoms with Gasteiger partial charge in [0, 0.05) is 37.4 Å². The van der Waals surface area contributed by atoms with Gasteiger partial charge in [0.2, 0.25) is 11.8 Å². The minimum absolute atomic E-state index is 0.0406. The fourth-order valence-electron chi connectivity index (χ4n) is 5.02. The molecule has 0 aromatic heterocycles. The molecule has 0 unspecified atom stereocenters. The Balaban J connectivity index is 1.27. The maximum absolute atomic E-state index is 13.4. The summed E-state index contributed by atoms with van der Waals surface area (Å²) in [4.78, 5) is 46.9. The number of rotatable bonds is 19. The Bertz CT molecular complexity index is 1950. The number of nitrogens with zero attached hydrogens (tertiary/aromatic N) is 4. The van der Waals surface area contributed by atoms with Gasteiger partial charge in [-0.3, -0.25) is 38.4 Å². The van der Waals surface area contributed by atoms with E-state index in [1.54, 1.807) is 12.1 Å². The lowest BCUT2D eigenvalue weighted by atomic mass is 10.2. The van der Waals surface area contributed by atoms with Crippen LogP contribution < -0.4 is 19.2 Å². The van der Waals surface area contributed by atoms with Crippen molar-refractivity contribution < 1.29 is 36.3 Å². The number of sulfonamides is 2. The Morgan fingerprint density at radius 3 is 1.25 bits per heavy atom. The summed E-state index contributed by atoms with van der Waals surface area (Å²) < 4.78 is 55.4. The number of benzene rings is 4. The molecule has 0 aliphatic heterocycles. The zero-order chi connectivity index (χ0) is 37.7. The van der Waals surface area contributed by atoms with Crippen LogP contribution in [0.5, 0.6) is 0 Å². The molecular weight excluding hydrogens is 717 g/mol. The Kier molecular flexibility index (Phi) is 13.4. The van der Waals surface area contributed by atoms with Crippen molar-refractivity contribution in [3.8, 4) is 0 Å². The molecule has 2 amide bonds. The number of nitro groups is 2. The standard InChI is InChI=1S/C34H36N6O10S2/c41-33(25-37(27-13-11-15-29(23-27)39(43)44)51(47,48)31-17-5-3-6-18-31)35-21-9-1-2-10-22-36-34(42)26-38(28-14-12-16-30(24-28)40(45)46)52(49,50)32-19-7-4-8-20-32/h3-8,11-20,23-24H,1-2,9-10,21-22,25-26H2,(H,35,41)(H,36,42). The van der Waals surface area contributed by atoms with E-state index in [9.17, 15) is 46.7 Å². The molecule has 0 fully saturated rings. The molecule has 0 saturated carbocycles. The lowest BCUT2D eigenvalue weighted by Gasteiger charge is -2.24. The first-order valence-electron chi connectivity index (χ1n) is 16.0. The van der Waals surface area contributed by atoms with Gasteiger partial charge in [-0.05, 0) is 49.2 Å². The second-order valence-electron chi connectivity index (χ2n) is 11.3. The van der Waals surface area contributed by atoms with E-state index in [-0.39, 0.29) is 45.6 Å². The van der Waals surface area contributed by atoms with Gasteiger partial charge in [-0.2, -0.15) is 0 Å². The van der Waals surface area contributed by atoms with Crippen LogP contribution in [0, 0.1) is 20.2 Å². The largest absolute Gasteiger partial charge is 0.355 e. The van der Waals surface area contributed by atoms with Gasteiger partial charge in [0.05, 0.1) is 31.0 Å². The van der Waals surface area contributed by atoms with Gasteiger partial charge in [0.25, 0.3) is 31.4 Å². The summed E-state index contributed by atoms with van der Waals surface area (Å²) in [5, 5.41) is 28.0. The van der Waals surface area contributed by atoms with Gasteiger partial charge in [0.1, 0.15) is 13.1 Å². The fourth-order valence-corrected chi connectivity index (χ4v) is 7.89.